The number of carbonyl (C=O) groups is 1. The van der Waals surface area contributed by atoms with Crippen molar-refractivity contribution in [1.29, 1.82) is 0 Å². The Morgan fingerprint density at radius 3 is 1.83 bits per heavy atom. The molecule has 5 heteroatoms. The molecule has 4 nitrogen and oxygen atoms in total. The van der Waals surface area contributed by atoms with Crippen molar-refractivity contribution < 1.29 is 19.3 Å². The summed E-state index contributed by atoms with van der Waals surface area (Å²) >= 11 is 0. The van der Waals surface area contributed by atoms with Crippen LogP contribution >= 0.6 is 0 Å². The first-order valence-electron chi connectivity index (χ1n) is 13.2. The normalized spacial score (nSPS) is 13.0. The van der Waals surface area contributed by atoms with Crippen molar-refractivity contribution in [3.63, 3.8) is 0 Å². The van der Waals surface area contributed by atoms with E-state index < -0.39 is 16.6 Å². The molecule has 0 amide bonds. The molecule has 0 radical (unpaired) electrons. The van der Waals surface area contributed by atoms with Gasteiger partial charge >= 0.3 is 7.48 Å². The monoisotopic (exact) mass is 494 g/mol. The van der Waals surface area contributed by atoms with E-state index >= 15 is 0 Å². The Hall–Kier alpha value is -2.11. The lowest BCUT2D eigenvalue weighted by Crippen LogP contribution is -2.49. The highest BCUT2D eigenvalue weighted by Crippen LogP contribution is 2.40. The van der Waals surface area contributed by atoms with Gasteiger partial charge in [0.05, 0.1) is 11.2 Å². The number of hydrogen-bond donors (Lipinski definition) is 1. The second kappa shape index (κ2) is 11.1. The average Bonchev–Trinajstić information content (AvgIpc) is 2.77. The topological polar surface area (TPSA) is 55.8 Å². The summed E-state index contributed by atoms with van der Waals surface area (Å²) in [6.07, 6.45) is 1.93. The average molecular weight is 495 g/mol. The number of benzene rings is 2. The fourth-order valence-corrected chi connectivity index (χ4v) is 4.29. The summed E-state index contributed by atoms with van der Waals surface area (Å²) in [4.78, 5) is 12.3. The molecule has 0 aliphatic rings. The molecule has 0 saturated carbocycles. The van der Waals surface area contributed by atoms with E-state index in [9.17, 15) is 9.90 Å². The van der Waals surface area contributed by atoms with Gasteiger partial charge in [-0.05, 0) is 82.6 Å². The predicted molar refractivity (Wildman–Crippen MR) is 152 cm³/mol. The number of hydrogen-bond acceptors (Lipinski definition) is 4. The first-order valence-corrected chi connectivity index (χ1v) is 13.2. The number of carbonyl (C=O) groups excluding carboxylic acids is 1. The lowest BCUT2D eigenvalue weighted by molar-refractivity contribution is -0.128. The highest BCUT2D eigenvalue weighted by Gasteiger charge is 2.36. The second-order valence-corrected chi connectivity index (χ2v) is 12.2. The van der Waals surface area contributed by atoms with Crippen molar-refractivity contribution in [1.82, 2.24) is 0 Å². The minimum atomic E-state index is -0.936. The molecule has 0 bridgehead atoms. The van der Waals surface area contributed by atoms with Crippen LogP contribution in [0.25, 0.3) is 0 Å². The van der Waals surface area contributed by atoms with E-state index in [1.807, 2.05) is 47.6 Å². The molecule has 0 unspecified atom stereocenters. The molecule has 0 atom stereocenters. The van der Waals surface area contributed by atoms with Gasteiger partial charge in [-0.25, -0.2) is 0 Å². The molecule has 0 aromatic heterocycles. The van der Waals surface area contributed by atoms with E-state index in [4.69, 9.17) is 9.39 Å². The molecule has 0 heterocycles. The molecule has 1 N–H and O–H groups in total. The molecule has 0 spiro atoms. The van der Waals surface area contributed by atoms with Crippen molar-refractivity contribution in [2.24, 2.45) is 5.41 Å². The summed E-state index contributed by atoms with van der Waals surface area (Å²) in [5.74, 6) is 0.850. The minimum Gasteiger partial charge on any atom is -0.486 e. The first kappa shape index (κ1) is 30.1. The quantitative estimate of drug-likeness (QED) is 0.393. The molecule has 2 aromatic rings. The molecule has 0 fully saturated rings. The van der Waals surface area contributed by atoms with E-state index in [1.165, 1.54) is 16.7 Å². The molecule has 2 rings (SSSR count). The smallest absolute Gasteiger partial charge is 0.309 e. The largest absolute Gasteiger partial charge is 0.486 e. The van der Waals surface area contributed by atoms with Gasteiger partial charge < -0.3 is 14.5 Å². The Kier molecular flexibility index (Phi) is 9.29. The number of rotatable bonds is 11. The van der Waals surface area contributed by atoms with Crippen molar-refractivity contribution in [3.8, 4) is 5.75 Å². The number of Topliss-reactive ketones (excluding diaryl/α,β-unsaturated/α-hetero) is 1. The lowest BCUT2D eigenvalue weighted by Gasteiger charge is -2.38. The zero-order valence-corrected chi connectivity index (χ0v) is 24.5. The molecule has 2 aromatic carbocycles. The van der Waals surface area contributed by atoms with E-state index in [2.05, 4.69) is 51.1 Å². The highest BCUT2D eigenvalue weighted by atomic mass is 16.5. The van der Waals surface area contributed by atoms with Gasteiger partial charge in [-0.3, -0.25) is 4.79 Å². The summed E-state index contributed by atoms with van der Waals surface area (Å²) in [6.45, 7) is 21.9. The molecular weight excluding hydrogens is 447 g/mol. The van der Waals surface area contributed by atoms with Crippen LogP contribution in [0.4, 0.5) is 0 Å². The number of aryl methyl sites for hydroxylation is 2. The molecule has 36 heavy (non-hydrogen) atoms. The summed E-state index contributed by atoms with van der Waals surface area (Å²) in [6, 6.07) is 13.0. The van der Waals surface area contributed by atoms with Gasteiger partial charge in [0.1, 0.15) is 12.4 Å². The maximum absolute atomic E-state index is 12.3. The fraction of sp³-hybridized carbons (Fsp3) is 0.581. The minimum absolute atomic E-state index is 0.0867. The summed E-state index contributed by atoms with van der Waals surface area (Å²) < 4.78 is 12.0. The Balaban J connectivity index is 2.33. The van der Waals surface area contributed by atoms with Crippen LogP contribution in [0.1, 0.15) is 97.4 Å². The van der Waals surface area contributed by atoms with Crippen LogP contribution in [0, 0.1) is 19.3 Å². The molecule has 0 aliphatic carbocycles. The molecule has 0 aliphatic heterocycles. The number of ether oxygens (including phenoxy) is 1. The van der Waals surface area contributed by atoms with Crippen LogP contribution in [0.3, 0.4) is 0 Å². The van der Waals surface area contributed by atoms with Crippen LogP contribution in [0.2, 0.25) is 0 Å². The molecule has 198 valence electrons. The van der Waals surface area contributed by atoms with E-state index in [0.717, 1.165) is 29.6 Å². The first-order chi connectivity index (χ1) is 16.5. The van der Waals surface area contributed by atoms with Crippen molar-refractivity contribution >= 4 is 18.7 Å². The Morgan fingerprint density at radius 2 is 1.39 bits per heavy atom. The Morgan fingerprint density at radius 1 is 0.861 bits per heavy atom. The zero-order valence-electron chi connectivity index (χ0n) is 24.5. The maximum Gasteiger partial charge on any atom is 0.309 e. The van der Waals surface area contributed by atoms with E-state index in [-0.39, 0.29) is 17.8 Å². The Labute approximate surface area is 220 Å². The third-order valence-electron chi connectivity index (χ3n) is 8.09. The van der Waals surface area contributed by atoms with Crippen molar-refractivity contribution in [2.45, 2.75) is 106 Å². The van der Waals surface area contributed by atoms with Crippen molar-refractivity contribution in [3.05, 3.63) is 58.7 Å². The van der Waals surface area contributed by atoms with Gasteiger partial charge in [-0.1, -0.05) is 70.5 Å². The van der Waals surface area contributed by atoms with Crippen LogP contribution in [0.5, 0.6) is 5.75 Å². The summed E-state index contributed by atoms with van der Waals surface area (Å²) in [5.41, 5.74) is 3.76. The molecule has 0 saturated heterocycles. The second-order valence-electron chi connectivity index (χ2n) is 12.2. The lowest BCUT2D eigenvalue weighted by atomic mass is 9.69. The predicted octanol–water partition coefficient (Wildman–Crippen LogP) is 5.95. The van der Waals surface area contributed by atoms with Crippen LogP contribution < -0.4 is 10.2 Å². The third kappa shape index (κ3) is 6.60. The van der Waals surface area contributed by atoms with E-state index in [1.54, 1.807) is 13.8 Å². The van der Waals surface area contributed by atoms with Gasteiger partial charge in [0.15, 0.2) is 5.78 Å². The van der Waals surface area contributed by atoms with Gasteiger partial charge in [0.2, 0.25) is 0 Å². The van der Waals surface area contributed by atoms with Crippen LogP contribution in [0.15, 0.2) is 36.4 Å². The van der Waals surface area contributed by atoms with E-state index in [0.29, 0.717) is 7.48 Å². The molecular formula is C31H47BO4. The van der Waals surface area contributed by atoms with Crippen LogP contribution in [-0.2, 0) is 14.9 Å². The summed E-state index contributed by atoms with van der Waals surface area (Å²) in [7, 11) is 0.451. The Bertz CT molecular complexity index is 1050. The van der Waals surface area contributed by atoms with Crippen LogP contribution in [-0.4, -0.2) is 36.2 Å². The van der Waals surface area contributed by atoms with Gasteiger partial charge in [0.25, 0.3) is 0 Å². The van der Waals surface area contributed by atoms with Gasteiger partial charge in [-0.2, -0.15) is 0 Å². The zero-order chi connectivity index (χ0) is 27.5. The highest BCUT2D eigenvalue weighted by molar-refractivity contribution is 6.47. The SMILES string of the molecule is CCC(CC)(c1ccc(BOC(C)(C)C(C)(C)O)c(C)c1)c1ccc(OCC(=O)C(C)(C)C)c(C)c1. The van der Waals surface area contributed by atoms with Crippen molar-refractivity contribution in [2.75, 3.05) is 6.61 Å². The summed E-state index contributed by atoms with van der Waals surface area (Å²) in [5, 5.41) is 10.4. The standard InChI is InChI=1S/C31H47BO4/c1-12-31(13-2,24-15-17-26(22(4)19-24)35-20-27(33)28(5,6)7)23-14-16-25(21(3)18-23)32-36-30(10,11)29(8,9)34/h14-19,32,34H,12-13,20H2,1-11H3. The third-order valence-corrected chi connectivity index (χ3v) is 8.09. The number of ketones is 1. The fourth-order valence-electron chi connectivity index (χ4n) is 4.29. The number of aliphatic hydroxyl groups is 1. The van der Waals surface area contributed by atoms with Gasteiger partial charge in [-0.15, -0.1) is 0 Å². The maximum atomic E-state index is 12.3. The van der Waals surface area contributed by atoms with Gasteiger partial charge in [0, 0.05) is 10.8 Å².